The van der Waals surface area contributed by atoms with E-state index in [4.69, 9.17) is 16.2 Å². The Morgan fingerprint density at radius 3 is 2.58 bits per heavy atom. The Kier molecular flexibility index (Phi) is 3.06. The molecule has 24 heavy (non-hydrogen) atoms. The Bertz CT molecular complexity index is 1140. The zero-order chi connectivity index (χ0) is 16.7. The standard InChI is InChI=1S/C17H13N5O2/c18-11-5-6-12(10-4-2-1-3-9(10)11)24-13-7-8-20-16-14(13)21-17(23)15(19)22-16/h1-8H,18H2,(H,21,23)(H2,19,20,22). The minimum Gasteiger partial charge on any atom is -0.454 e. The molecule has 2 aromatic carbocycles. The zero-order valence-electron chi connectivity index (χ0n) is 12.5. The number of nitrogens with one attached hydrogen (secondary N) is 1. The topological polar surface area (TPSA) is 120 Å². The normalized spacial score (nSPS) is 11.0. The third-order valence-corrected chi connectivity index (χ3v) is 3.73. The molecule has 0 spiro atoms. The van der Waals surface area contributed by atoms with Gasteiger partial charge in [0.1, 0.15) is 11.3 Å². The van der Waals surface area contributed by atoms with Crippen molar-refractivity contribution >= 4 is 33.4 Å². The van der Waals surface area contributed by atoms with Crippen molar-refractivity contribution in [3.8, 4) is 11.5 Å². The first-order valence-corrected chi connectivity index (χ1v) is 7.23. The Balaban J connectivity index is 1.91. The van der Waals surface area contributed by atoms with Crippen LogP contribution in [-0.4, -0.2) is 15.0 Å². The van der Waals surface area contributed by atoms with Gasteiger partial charge in [-0.3, -0.25) is 4.79 Å². The Hall–Kier alpha value is -3.61. The van der Waals surface area contributed by atoms with E-state index >= 15 is 0 Å². The lowest BCUT2D eigenvalue weighted by molar-refractivity contribution is 0.492. The number of nitrogens with zero attached hydrogens (tertiary/aromatic N) is 2. The van der Waals surface area contributed by atoms with Crippen molar-refractivity contribution in [1.82, 2.24) is 15.0 Å². The summed E-state index contributed by atoms with van der Waals surface area (Å²) >= 11 is 0. The molecule has 0 unspecified atom stereocenters. The van der Waals surface area contributed by atoms with Crippen molar-refractivity contribution in [3.63, 3.8) is 0 Å². The number of ether oxygens (including phenoxy) is 1. The summed E-state index contributed by atoms with van der Waals surface area (Å²) in [5.74, 6) is 0.912. The van der Waals surface area contributed by atoms with Gasteiger partial charge in [-0.2, -0.15) is 0 Å². The average Bonchev–Trinajstić information content (AvgIpc) is 2.59. The number of hydrogen-bond acceptors (Lipinski definition) is 6. The minimum atomic E-state index is -0.484. The second-order valence-electron chi connectivity index (χ2n) is 5.26. The summed E-state index contributed by atoms with van der Waals surface area (Å²) in [7, 11) is 0. The van der Waals surface area contributed by atoms with E-state index in [0.717, 1.165) is 10.8 Å². The van der Waals surface area contributed by atoms with Crippen LogP contribution in [0.1, 0.15) is 0 Å². The maximum absolute atomic E-state index is 11.8. The predicted molar refractivity (Wildman–Crippen MR) is 93.0 cm³/mol. The molecule has 2 heterocycles. The summed E-state index contributed by atoms with van der Waals surface area (Å²) < 4.78 is 6.01. The molecule has 2 aromatic heterocycles. The number of fused-ring (bicyclic) bond motifs is 2. The fraction of sp³-hybridized carbons (Fsp3) is 0. The number of aromatic amines is 1. The van der Waals surface area contributed by atoms with E-state index in [1.165, 1.54) is 0 Å². The van der Waals surface area contributed by atoms with Crippen molar-refractivity contribution in [3.05, 3.63) is 59.0 Å². The molecular formula is C17H13N5O2. The third kappa shape index (κ3) is 2.19. The molecule has 0 amide bonds. The van der Waals surface area contributed by atoms with Crippen LogP contribution in [0.4, 0.5) is 11.5 Å². The monoisotopic (exact) mass is 319 g/mol. The fourth-order valence-corrected chi connectivity index (χ4v) is 2.57. The summed E-state index contributed by atoms with van der Waals surface area (Å²) in [6, 6.07) is 12.9. The van der Waals surface area contributed by atoms with Crippen LogP contribution in [0.5, 0.6) is 11.5 Å². The number of nitrogen functional groups attached to an aromatic ring is 2. The van der Waals surface area contributed by atoms with Crippen molar-refractivity contribution in [2.45, 2.75) is 0 Å². The minimum absolute atomic E-state index is 0.134. The van der Waals surface area contributed by atoms with Crippen LogP contribution in [0.25, 0.3) is 21.9 Å². The van der Waals surface area contributed by atoms with Gasteiger partial charge in [-0.25, -0.2) is 9.97 Å². The Morgan fingerprint density at radius 2 is 1.75 bits per heavy atom. The van der Waals surface area contributed by atoms with Crippen LogP contribution in [0.3, 0.4) is 0 Å². The fourth-order valence-electron chi connectivity index (χ4n) is 2.57. The number of rotatable bonds is 2. The SMILES string of the molecule is Nc1nc2nccc(Oc3ccc(N)c4ccccc34)c2[nH]c1=O. The first-order chi connectivity index (χ1) is 11.6. The molecule has 0 aliphatic rings. The third-order valence-electron chi connectivity index (χ3n) is 3.73. The summed E-state index contributed by atoms with van der Waals surface area (Å²) in [4.78, 5) is 22.5. The molecule has 7 nitrogen and oxygen atoms in total. The number of H-pyrrole nitrogens is 1. The van der Waals surface area contributed by atoms with Gasteiger partial charge in [0.05, 0.1) is 0 Å². The van der Waals surface area contributed by atoms with Gasteiger partial charge in [0, 0.05) is 28.7 Å². The van der Waals surface area contributed by atoms with E-state index in [9.17, 15) is 4.79 Å². The van der Waals surface area contributed by atoms with Crippen molar-refractivity contribution in [2.24, 2.45) is 0 Å². The molecule has 0 aliphatic heterocycles. The number of hydrogen-bond donors (Lipinski definition) is 3. The lowest BCUT2D eigenvalue weighted by Crippen LogP contribution is -2.14. The van der Waals surface area contributed by atoms with Crippen molar-refractivity contribution in [2.75, 3.05) is 11.5 Å². The highest BCUT2D eigenvalue weighted by molar-refractivity contribution is 5.97. The first kappa shape index (κ1) is 14.0. The molecule has 4 rings (SSSR count). The van der Waals surface area contributed by atoms with E-state index in [0.29, 0.717) is 28.4 Å². The van der Waals surface area contributed by atoms with Crippen LogP contribution in [0.2, 0.25) is 0 Å². The maximum atomic E-state index is 11.8. The molecule has 0 saturated carbocycles. The van der Waals surface area contributed by atoms with Crippen LogP contribution >= 0.6 is 0 Å². The van der Waals surface area contributed by atoms with Gasteiger partial charge in [0.25, 0.3) is 5.56 Å². The molecule has 4 aromatic rings. The van der Waals surface area contributed by atoms with Gasteiger partial charge in [0.2, 0.25) is 0 Å². The summed E-state index contributed by atoms with van der Waals surface area (Å²) in [5, 5.41) is 1.76. The van der Waals surface area contributed by atoms with Gasteiger partial charge >= 0.3 is 0 Å². The van der Waals surface area contributed by atoms with E-state index in [1.54, 1.807) is 24.4 Å². The highest BCUT2D eigenvalue weighted by Crippen LogP contribution is 2.34. The van der Waals surface area contributed by atoms with E-state index in [1.807, 2.05) is 24.3 Å². The maximum Gasteiger partial charge on any atom is 0.291 e. The quantitative estimate of drug-likeness (QED) is 0.488. The lowest BCUT2D eigenvalue weighted by Gasteiger charge is -2.11. The molecule has 0 aliphatic carbocycles. The molecule has 0 fully saturated rings. The van der Waals surface area contributed by atoms with E-state index in [2.05, 4.69) is 15.0 Å². The summed E-state index contributed by atoms with van der Waals surface area (Å²) in [6.07, 6.45) is 1.54. The van der Waals surface area contributed by atoms with Gasteiger partial charge < -0.3 is 21.2 Å². The average molecular weight is 319 g/mol. The molecule has 118 valence electrons. The number of pyridine rings is 1. The van der Waals surface area contributed by atoms with Crippen LogP contribution < -0.4 is 21.8 Å². The molecule has 0 radical (unpaired) electrons. The van der Waals surface area contributed by atoms with Gasteiger partial charge in [-0.05, 0) is 12.1 Å². The molecule has 5 N–H and O–H groups in total. The zero-order valence-corrected chi connectivity index (χ0v) is 12.5. The second-order valence-corrected chi connectivity index (χ2v) is 5.26. The van der Waals surface area contributed by atoms with Crippen LogP contribution in [0.15, 0.2) is 53.5 Å². The summed E-state index contributed by atoms with van der Waals surface area (Å²) in [5.41, 5.74) is 12.4. The van der Waals surface area contributed by atoms with Gasteiger partial charge in [0.15, 0.2) is 17.2 Å². The largest absolute Gasteiger partial charge is 0.454 e. The number of benzene rings is 2. The summed E-state index contributed by atoms with van der Waals surface area (Å²) in [6.45, 7) is 0. The van der Waals surface area contributed by atoms with E-state index in [-0.39, 0.29) is 5.82 Å². The molecule has 0 bridgehead atoms. The highest BCUT2D eigenvalue weighted by atomic mass is 16.5. The smallest absolute Gasteiger partial charge is 0.291 e. The molecular weight excluding hydrogens is 306 g/mol. The molecule has 7 heteroatoms. The highest BCUT2D eigenvalue weighted by Gasteiger charge is 2.11. The second kappa shape index (κ2) is 5.24. The van der Waals surface area contributed by atoms with Gasteiger partial charge in [-0.1, -0.05) is 24.3 Å². The Labute approximate surface area is 135 Å². The number of anilines is 2. The lowest BCUT2D eigenvalue weighted by atomic mass is 10.1. The van der Waals surface area contributed by atoms with E-state index < -0.39 is 5.56 Å². The number of nitrogens with two attached hydrogens (primary N) is 2. The number of aromatic nitrogens is 3. The van der Waals surface area contributed by atoms with Gasteiger partial charge in [-0.15, -0.1) is 0 Å². The predicted octanol–water partition coefficient (Wildman–Crippen LogP) is 2.43. The van der Waals surface area contributed by atoms with Crippen molar-refractivity contribution < 1.29 is 4.74 Å². The molecule has 0 saturated heterocycles. The Morgan fingerprint density at radius 1 is 0.958 bits per heavy atom. The van der Waals surface area contributed by atoms with Crippen LogP contribution in [-0.2, 0) is 0 Å². The van der Waals surface area contributed by atoms with Crippen molar-refractivity contribution in [1.29, 1.82) is 0 Å². The van der Waals surface area contributed by atoms with Crippen LogP contribution in [0, 0.1) is 0 Å². The molecule has 0 atom stereocenters. The first-order valence-electron chi connectivity index (χ1n) is 7.23.